The third-order valence-corrected chi connectivity index (χ3v) is 4.81. The van der Waals surface area contributed by atoms with E-state index in [1.807, 2.05) is 22.0 Å². The molecule has 1 saturated carbocycles. The van der Waals surface area contributed by atoms with Gasteiger partial charge in [-0.15, -0.1) is 0 Å². The molecule has 1 aromatic rings. The van der Waals surface area contributed by atoms with Crippen molar-refractivity contribution in [3.05, 3.63) is 16.9 Å². The molecule has 1 aliphatic heterocycles. The van der Waals surface area contributed by atoms with Crippen molar-refractivity contribution in [2.24, 2.45) is 5.92 Å². The van der Waals surface area contributed by atoms with Crippen LogP contribution in [0.2, 0.25) is 0 Å². The number of carbonyl (C=O) groups is 1. The fourth-order valence-electron chi connectivity index (χ4n) is 3.29. The molecule has 2 heterocycles. The zero-order valence-electron chi connectivity index (χ0n) is 11.1. The van der Waals surface area contributed by atoms with Crippen molar-refractivity contribution in [3.8, 4) is 0 Å². The molecule has 0 spiro atoms. The van der Waals surface area contributed by atoms with Crippen molar-refractivity contribution in [2.75, 3.05) is 13.1 Å². The van der Waals surface area contributed by atoms with Gasteiger partial charge in [0.05, 0.1) is 16.7 Å². The summed E-state index contributed by atoms with van der Waals surface area (Å²) in [5.74, 6) is 0.992. The number of amides is 1. The van der Waals surface area contributed by atoms with Crippen LogP contribution in [0.4, 0.5) is 0 Å². The van der Waals surface area contributed by atoms with Crippen LogP contribution in [0.1, 0.15) is 44.6 Å². The van der Waals surface area contributed by atoms with Crippen molar-refractivity contribution >= 4 is 21.8 Å². The van der Waals surface area contributed by atoms with Gasteiger partial charge in [0.25, 0.3) is 0 Å². The Kier molecular flexibility index (Phi) is 3.91. The molecule has 0 aromatic carbocycles. The molecule has 0 bridgehead atoms. The predicted octanol–water partition coefficient (Wildman–Crippen LogP) is 3.00. The molecule has 19 heavy (non-hydrogen) atoms. The Morgan fingerprint density at radius 2 is 2.16 bits per heavy atom. The van der Waals surface area contributed by atoms with Gasteiger partial charge in [0, 0.05) is 25.7 Å². The van der Waals surface area contributed by atoms with Gasteiger partial charge in [-0.2, -0.15) is 5.10 Å². The van der Waals surface area contributed by atoms with Gasteiger partial charge in [0.1, 0.15) is 0 Å². The highest BCUT2D eigenvalue weighted by molar-refractivity contribution is 9.10. The van der Waals surface area contributed by atoms with Gasteiger partial charge in [-0.1, -0.05) is 12.8 Å². The highest BCUT2D eigenvalue weighted by Gasteiger charge is 2.29. The number of rotatable bonds is 3. The van der Waals surface area contributed by atoms with Crippen molar-refractivity contribution in [1.29, 1.82) is 0 Å². The van der Waals surface area contributed by atoms with Gasteiger partial charge >= 0.3 is 0 Å². The molecule has 1 aromatic heterocycles. The highest BCUT2D eigenvalue weighted by atomic mass is 79.9. The molecule has 0 N–H and O–H groups in total. The number of carbonyl (C=O) groups excluding carboxylic acids is 1. The van der Waals surface area contributed by atoms with Crippen LogP contribution >= 0.6 is 15.9 Å². The molecular weight excluding hydrogens is 306 g/mol. The van der Waals surface area contributed by atoms with E-state index in [-0.39, 0.29) is 0 Å². The summed E-state index contributed by atoms with van der Waals surface area (Å²) in [5, 5.41) is 4.33. The van der Waals surface area contributed by atoms with E-state index < -0.39 is 0 Å². The first kappa shape index (κ1) is 13.2. The lowest BCUT2D eigenvalue weighted by Gasteiger charge is -2.18. The highest BCUT2D eigenvalue weighted by Crippen LogP contribution is 2.29. The minimum Gasteiger partial charge on any atom is -0.340 e. The van der Waals surface area contributed by atoms with Gasteiger partial charge in [-0.05, 0) is 41.1 Å². The molecule has 5 heteroatoms. The maximum absolute atomic E-state index is 12.3. The van der Waals surface area contributed by atoms with Gasteiger partial charge in [0.15, 0.2) is 0 Å². The fraction of sp³-hybridized carbons (Fsp3) is 0.714. The van der Waals surface area contributed by atoms with Crippen LogP contribution in [0.5, 0.6) is 0 Å². The van der Waals surface area contributed by atoms with Crippen LogP contribution in [0.3, 0.4) is 0 Å². The monoisotopic (exact) mass is 325 g/mol. The van der Waals surface area contributed by atoms with Crippen molar-refractivity contribution in [1.82, 2.24) is 14.7 Å². The lowest BCUT2D eigenvalue weighted by atomic mass is 10.0. The van der Waals surface area contributed by atoms with E-state index in [2.05, 4.69) is 21.0 Å². The Bertz CT molecular complexity index is 453. The molecule has 1 saturated heterocycles. The molecule has 2 aliphatic rings. The van der Waals surface area contributed by atoms with E-state index in [9.17, 15) is 4.79 Å². The molecule has 3 rings (SSSR count). The van der Waals surface area contributed by atoms with Gasteiger partial charge < -0.3 is 4.90 Å². The van der Waals surface area contributed by atoms with E-state index >= 15 is 0 Å². The average Bonchev–Trinajstić information content (AvgIpc) is 3.07. The van der Waals surface area contributed by atoms with Crippen molar-refractivity contribution in [3.63, 3.8) is 0 Å². The third-order valence-electron chi connectivity index (χ3n) is 4.40. The minimum atomic E-state index is 0.346. The summed E-state index contributed by atoms with van der Waals surface area (Å²) < 4.78 is 2.98. The largest absolute Gasteiger partial charge is 0.340 e. The van der Waals surface area contributed by atoms with Gasteiger partial charge in [-0.3, -0.25) is 9.48 Å². The second-order valence-electron chi connectivity index (χ2n) is 5.78. The lowest BCUT2D eigenvalue weighted by Crippen LogP contribution is -2.30. The fourth-order valence-corrected chi connectivity index (χ4v) is 3.59. The van der Waals surface area contributed by atoms with Crippen molar-refractivity contribution < 1.29 is 4.79 Å². The summed E-state index contributed by atoms with van der Waals surface area (Å²) in [6.45, 7) is 1.70. The number of hydrogen-bond acceptors (Lipinski definition) is 2. The number of likely N-dealkylation sites (tertiary alicyclic amines) is 1. The molecule has 2 fully saturated rings. The SMILES string of the molecule is O=C(CC1CCCC1)N1CCC(n2cc(Br)cn2)C1. The van der Waals surface area contributed by atoms with E-state index in [1.165, 1.54) is 25.7 Å². The molecular formula is C14H20BrN3O. The first-order valence-corrected chi connectivity index (χ1v) is 7.99. The Morgan fingerprint density at radius 3 is 2.84 bits per heavy atom. The van der Waals surface area contributed by atoms with Crippen LogP contribution in [0.15, 0.2) is 16.9 Å². The zero-order chi connectivity index (χ0) is 13.2. The number of nitrogens with zero attached hydrogens (tertiary/aromatic N) is 3. The topological polar surface area (TPSA) is 38.1 Å². The summed E-state index contributed by atoms with van der Waals surface area (Å²) in [7, 11) is 0. The molecule has 1 amide bonds. The zero-order valence-corrected chi connectivity index (χ0v) is 12.7. The average molecular weight is 326 g/mol. The maximum atomic E-state index is 12.3. The van der Waals surface area contributed by atoms with Crippen molar-refractivity contribution in [2.45, 2.75) is 44.6 Å². The Hall–Kier alpha value is -0.840. The quantitative estimate of drug-likeness (QED) is 0.856. The number of halogens is 1. The molecule has 104 valence electrons. The van der Waals surface area contributed by atoms with E-state index in [0.29, 0.717) is 17.9 Å². The second kappa shape index (κ2) is 5.65. The maximum Gasteiger partial charge on any atom is 0.222 e. The Balaban J connectivity index is 1.54. The van der Waals surface area contributed by atoms with Crippen LogP contribution in [0, 0.1) is 5.92 Å². The molecule has 4 nitrogen and oxygen atoms in total. The first-order valence-electron chi connectivity index (χ1n) is 7.20. The summed E-state index contributed by atoms with van der Waals surface area (Å²) in [5.41, 5.74) is 0. The van der Waals surface area contributed by atoms with E-state index in [0.717, 1.165) is 30.4 Å². The van der Waals surface area contributed by atoms with Gasteiger partial charge in [0.2, 0.25) is 5.91 Å². The van der Waals surface area contributed by atoms with Crippen LogP contribution in [0.25, 0.3) is 0 Å². The summed E-state index contributed by atoms with van der Waals surface area (Å²) in [4.78, 5) is 14.3. The number of aromatic nitrogens is 2. The van der Waals surface area contributed by atoms with Crippen LogP contribution in [-0.4, -0.2) is 33.7 Å². The smallest absolute Gasteiger partial charge is 0.222 e. The Labute approximate surface area is 122 Å². The second-order valence-corrected chi connectivity index (χ2v) is 6.69. The van der Waals surface area contributed by atoms with E-state index in [4.69, 9.17) is 0 Å². The van der Waals surface area contributed by atoms with Crippen LogP contribution < -0.4 is 0 Å². The predicted molar refractivity (Wildman–Crippen MR) is 76.7 cm³/mol. The molecule has 1 atom stereocenters. The van der Waals surface area contributed by atoms with Gasteiger partial charge in [-0.25, -0.2) is 0 Å². The molecule has 0 radical (unpaired) electrons. The number of hydrogen-bond donors (Lipinski definition) is 0. The van der Waals surface area contributed by atoms with Crippen LogP contribution in [-0.2, 0) is 4.79 Å². The summed E-state index contributed by atoms with van der Waals surface area (Å²) >= 11 is 3.42. The summed E-state index contributed by atoms with van der Waals surface area (Å²) in [6, 6.07) is 0.346. The normalized spacial score (nSPS) is 24.3. The molecule has 1 aliphatic carbocycles. The Morgan fingerprint density at radius 1 is 1.37 bits per heavy atom. The van der Waals surface area contributed by atoms with E-state index in [1.54, 1.807) is 0 Å². The minimum absolute atomic E-state index is 0.346. The first-order chi connectivity index (χ1) is 9.22. The lowest BCUT2D eigenvalue weighted by molar-refractivity contribution is -0.131. The third kappa shape index (κ3) is 3.02. The standard InChI is InChI=1S/C14H20BrN3O/c15-12-8-16-18(9-12)13-5-6-17(10-13)14(19)7-11-3-1-2-4-11/h8-9,11,13H,1-7,10H2. The summed E-state index contributed by atoms with van der Waals surface area (Å²) in [6.07, 6.45) is 10.7. The molecule has 1 unspecified atom stereocenters.